The van der Waals surface area contributed by atoms with Gasteiger partial charge in [-0.15, -0.1) is 0 Å². The highest BCUT2D eigenvalue weighted by molar-refractivity contribution is 5.71. The molecule has 0 saturated heterocycles. The Bertz CT molecular complexity index is 358. The van der Waals surface area contributed by atoms with Crippen LogP contribution in [0.1, 0.15) is 19.4 Å². The summed E-state index contributed by atoms with van der Waals surface area (Å²) in [7, 11) is 0. The van der Waals surface area contributed by atoms with Crippen LogP contribution < -0.4 is 10.6 Å². The van der Waals surface area contributed by atoms with Crippen molar-refractivity contribution in [2.24, 2.45) is 0 Å². The van der Waals surface area contributed by atoms with Gasteiger partial charge in [-0.05, 0) is 17.7 Å². The molecule has 16 heavy (non-hydrogen) atoms. The van der Waals surface area contributed by atoms with E-state index < -0.39 is 0 Å². The van der Waals surface area contributed by atoms with Gasteiger partial charge < -0.3 is 10.6 Å². The number of nitrogens with one attached hydrogen (secondary N) is 2. The number of carbonyl (C=O) groups is 2. The molecular weight excluding hydrogens is 204 g/mol. The first-order valence-electron chi connectivity index (χ1n) is 5.08. The van der Waals surface area contributed by atoms with Crippen molar-refractivity contribution in [1.82, 2.24) is 5.32 Å². The zero-order valence-electron chi connectivity index (χ0n) is 9.49. The third kappa shape index (κ3) is 3.08. The molecule has 4 heteroatoms. The Morgan fingerprint density at radius 2 is 1.75 bits per heavy atom. The summed E-state index contributed by atoms with van der Waals surface area (Å²) in [5, 5.41) is 5.25. The second-order valence-electron chi connectivity index (χ2n) is 4.22. The normalized spacial score (nSPS) is 10.6. The molecule has 86 valence electrons. The van der Waals surface area contributed by atoms with Gasteiger partial charge in [-0.3, -0.25) is 9.59 Å². The van der Waals surface area contributed by atoms with Crippen LogP contribution in [0.15, 0.2) is 24.3 Å². The van der Waals surface area contributed by atoms with Crippen molar-refractivity contribution in [3.8, 4) is 0 Å². The molecule has 0 aliphatic heterocycles. The van der Waals surface area contributed by atoms with Gasteiger partial charge in [-0.2, -0.15) is 0 Å². The van der Waals surface area contributed by atoms with Crippen LogP contribution in [-0.4, -0.2) is 19.4 Å². The molecule has 0 fully saturated rings. The third-order valence-electron chi connectivity index (χ3n) is 2.52. The van der Waals surface area contributed by atoms with E-state index >= 15 is 0 Å². The van der Waals surface area contributed by atoms with Gasteiger partial charge >= 0.3 is 0 Å². The topological polar surface area (TPSA) is 58.2 Å². The summed E-state index contributed by atoms with van der Waals surface area (Å²) >= 11 is 0. The molecule has 1 aromatic rings. The molecule has 0 unspecified atom stereocenters. The molecule has 0 spiro atoms. The molecule has 2 N–H and O–H groups in total. The molecule has 2 amide bonds. The number of hydrogen-bond donors (Lipinski definition) is 2. The van der Waals surface area contributed by atoms with Crippen LogP contribution in [0.5, 0.6) is 0 Å². The van der Waals surface area contributed by atoms with Gasteiger partial charge in [0.05, 0.1) is 0 Å². The van der Waals surface area contributed by atoms with E-state index in [0.717, 1.165) is 11.3 Å². The highest BCUT2D eigenvalue weighted by Gasteiger charge is 2.19. The zero-order valence-corrected chi connectivity index (χ0v) is 9.49. The van der Waals surface area contributed by atoms with Crippen molar-refractivity contribution in [3.63, 3.8) is 0 Å². The molecule has 0 atom stereocenters. The van der Waals surface area contributed by atoms with E-state index in [0.29, 0.717) is 19.4 Å². The van der Waals surface area contributed by atoms with Crippen molar-refractivity contribution in [1.29, 1.82) is 0 Å². The summed E-state index contributed by atoms with van der Waals surface area (Å²) in [5.74, 6) is 0. The first-order valence-corrected chi connectivity index (χ1v) is 5.08. The van der Waals surface area contributed by atoms with Crippen LogP contribution in [0.25, 0.3) is 0 Å². The van der Waals surface area contributed by atoms with Gasteiger partial charge in [0, 0.05) is 17.6 Å². The van der Waals surface area contributed by atoms with Gasteiger partial charge in [-0.25, -0.2) is 0 Å². The lowest BCUT2D eigenvalue weighted by atomic mass is 9.84. The summed E-state index contributed by atoms with van der Waals surface area (Å²) in [4.78, 5) is 20.5. The van der Waals surface area contributed by atoms with Crippen molar-refractivity contribution < 1.29 is 9.59 Å². The zero-order chi connectivity index (χ0) is 12.0. The molecule has 0 radical (unpaired) electrons. The van der Waals surface area contributed by atoms with Crippen LogP contribution in [0.3, 0.4) is 0 Å². The van der Waals surface area contributed by atoms with Crippen molar-refractivity contribution in [2.45, 2.75) is 19.3 Å². The van der Waals surface area contributed by atoms with Gasteiger partial charge in [0.15, 0.2) is 0 Å². The van der Waals surface area contributed by atoms with Gasteiger partial charge in [0.25, 0.3) is 0 Å². The molecule has 0 saturated carbocycles. The first kappa shape index (κ1) is 12.2. The highest BCUT2D eigenvalue weighted by atomic mass is 16.1. The number of amides is 2. The third-order valence-corrected chi connectivity index (χ3v) is 2.52. The highest BCUT2D eigenvalue weighted by Crippen LogP contribution is 2.23. The fourth-order valence-corrected chi connectivity index (χ4v) is 1.48. The standard InChI is InChI=1S/C12H16N2O2/c1-12(2,7-13-8-15)10-3-5-11(6-4-10)14-9-16/h3-6,8-9H,7H2,1-2H3,(H,13,15)(H,14,16). The number of anilines is 1. The summed E-state index contributed by atoms with van der Waals surface area (Å²) < 4.78 is 0. The van der Waals surface area contributed by atoms with Crippen molar-refractivity contribution in [3.05, 3.63) is 29.8 Å². The monoisotopic (exact) mass is 220 g/mol. The van der Waals surface area contributed by atoms with Gasteiger partial charge in [0.2, 0.25) is 12.8 Å². The van der Waals surface area contributed by atoms with Crippen molar-refractivity contribution >= 4 is 18.5 Å². The number of carbonyl (C=O) groups excluding carboxylic acids is 2. The molecular formula is C12H16N2O2. The van der Waals surface area contributed by atoms with Crippen LogP contribution >= 0.6 is 0 Å². The van der Waals surface area contributed by atoms with Crippen molar-refractivity contribution in [2.75, 3.05) is 11.9 Å². The first-order chi connectivity index (χ1) is 7.60. The minimum atomic E-state index is -0.124. The van der Waals surface area contributed by atoms with Crippen LogP contribution in [0.2, 0.25) is 0 Å². The lowest BCUT2D eigenvalue weighted by Crippen LogP contribution is -2.32. The van der Waals surface area contributed by atoms with Gasteiger partial charge in [0.1, 0.15) is 0 Å². The molecule has 0 aliphatic carbocycles. The largest absolute Gasteiger partial charge is 0.358 e. The molecule has 0 aliphatic rings. The minimum absolute atomic E-state index is 0.124. The fourth-order valence-electron chi connectivity index (χ4n) is 1.48. The Morgan fingerprint density at radius 3 is 2.25 bits per heavy atom. The molecule has 4 nitrogen and oxygen atoms in total. The molecule has 1 aromatic carbocycles. The maximum atomic E-state index is 10.3. The van der Waals surface area contributed by atoms with E-state index in [-0.39, 0.29) is 5.41 Å². The summed E-state index contributed by atoms with van der Waals surface area (Å²) in [6, 6.07) is 7.56. The van der Waals surface area contributed by atoms with Crippen LogP contribution in [0.4, 0.5) is 5.69 Å². The van der Waals surface area contributed by atoms with E-state index in [1.165, 1.54) is 0 Å². The summed E-state index contributed by atoms with van der Waals surface area (Å²) in [6.07, 6.45) is 1.35. The quantitative estimate of drug-likeness (QED) is 0.709. The maximum Gasteiger partial charge on any atom is 0.211 e. The molecule has 0 aromatic heterocycles. The minimum Gasteiger partial charge on any atom is -0.358 e. The number of rotatable bonds is 6. The smallest absolute Gasteiger partial charge is 0.211 e. The number of hydrogen-bond acceptors (Lipinski definition) is 2. The van der Waals surface area contributed by atoms with Crippen LogP contribution in [-0.2, 0) is 15.0 Å². The summed E-state index contributed by atoms with van der Waals surface area (Å²) in [6.45, 7) is 4.67. The predicted octanol–water partition coefficient (Wildman–Crippen LogP) is 1.28. The van der Waals surface area contributed by atoms with Crippen LogP contribution in [0, 0.1) is 0 Å². The fraction of sp³-hybridized carbons (Fsp3) is 0.333. The Labute approximate surface area is 95.0 Å². The average Bonchev–Trinajstić information content (AvgIpc) is 2.28. The number of benzene rings is 1. The van der Waals surface area contributed by atoms with E-state index in [1.807, 2.05) is 38.1 Å². The summed E-state index contributed by atoms with van der Waals surface area (Å²) in [5.41, 5.74) is 1.75. The Balaban J connectivity index is 2.78. The predicted molar refractivity (Wildman–Crippen MR) is 63.2 cm³/mol. The second-order valence-corrected chi connectivity index (χ2v) is 4.22. The Kier molecular flexibility index (Phi) is 4.05. The van der Waals surface area contributed by atoms with Gasteiger partial charge in [-0.1, -0.05) is 26.0 Å². The SMILES string of the molecule is CC(C)(CNC=O)c1ccc(NC=O)cc1. The maximum absolute atomic E-state index is 10.3. The van der Waals surface area contributed by atoms with E-state index in [9.17, 15) is 9.59 Å². The molecule has 0 heterocycles. The molecule has 1 rings (SSSR count). The Morgan fingerprint density at radius 1 is 1.12 bits per heavy atom. The van der Waals surface area contributed by atoms with E-state index in [1.54, 1.807) is 0 Å². The Hall–Kier alpha value is -1.84. The second kappa shape index (κ2) is 5.30. The average molecular weight is 220 g/mol. The van der Waals surface area contributed by atoms with E-state index in [4.69, 9.17) is 0 Å². The molecule has 0 bridgehead atoms. The lowest BCUT2D eigenvalue weighted by molar-refractivity contribution is -0.109. The lowest BCUT2D eigenvalue weighted by Gasteiger charge is -2.24. The van der Waals surface area contributed by atoms with E-state index in [2.05, 4.69) is 10.6 Å².